The minimum atomic E-state index is 0.497. The van der Waals surface area contributed by atoms with Crippen LogP contribution in [0.2, 0.25) is 0 Å². The van der Waals surface area contributed by atoms with Crippen LogP contribution in [-0.4, -0.2) is 5.25 Å². The van der Waals surface area contributed by atoms with Gasteiger partial charge >= 0.3 is 0 Å². The highest BCUT2D eigenvalue weighted by molar-refractivity contribution is 8.01. The Hall–Kier alpha value is -0.890. The zero-order valence-corrected chi connectivity index (χ0v) is 12.9. The Morgan fingerprint density at radius 3 is 2.63 bits per heavy atom. The van der Waals surface area contributed by atoms with Gasteiger partial charge in [0.2, 0.25) is 0 Å². The highest BCUT2D eigenvalue weighted by atomic mass is 32.2. The number of anilines is 1. The summed E-state index contributed by atoms with van der Waals surface area (Å²) in [5.41, 5.74) is 4.50. The number of rotatable bonds is 3. The predicted octanol–water partition coefficient (Wildman–Crippen LogP) is 5.05. The van der Waals surface area contributed by atoms with E-state index in [1.165, 1.54) is 29.7 Å². The number of hydrogen-bond donors (Lipinski definition) is 1. The molecule has 1 aromatic carbocycles. The van der Waals surface area contributed by atoms with Gasteiger partial charge in [-0.05, 0) is 60.6 Å². The second-order valence-corrected chi connectivity index (χ2v) is 7.65. The summed E-state index contributed by atoms with van der Waals surface area (Å²) < 4.78 is 3.54. The van der Waals surface area contributed by atoms with Crippen molar-refractivity contribution in [1.29, 1.82) is 0 Å². The molecule has 0 aromatic heterocycles. The van der Waals surface area contributed by atoms with Crippen LogP contribution in [0.4, 0.5) is 5.69 Å². The van der Waals surface area contributed by atoms with E-state index in [-0.39, 0.29) is 0 Å². The monoisotopic (exact) mass is 273 g/mol. The number of aryl methyl sites for hydroxylation is 1. The van der Waals surface area contributed by atoms with Crippen molar-refractivity contribution >= 4 is 17.6 Å². The molecule has 0 amide bonds. The summed E-state index contributed by atoms with van der Waals surface area (Å²) in [6.07, 6.45) is 2.65. The first-order chi connectivity index (χ1) is 9.00. The smallest absolute Gasteiger partial charge is 0.0469 e. The lowest BCUT2D eigenvalue weighted by Gasteiger charge is -2.59. The molecule has 0 spiro atoms. The lowest BCUT2D eigenvalue weighted by molar-refractivity contribution is -0.0249. The Morgan fingerprint density at radius 2 is 2.00 bits per heavy atom. The molecule has 0 saturated heterocycles. The maximum atomic E-state index is 4.38. The third-order valence-corrected chi connectivity index (χ3v) is 6.40. The molecular weight excluding hydrogens is 250 g/mol. The fourth-order valence-corrected chi connectivity index (χ4v) is 4.77. The van der Waals surface area contributed by atoms with Crippen LogP contribution in [0, 0.1) is 24.2 Å². The minimum absolute atomic E-state index is 0.497. The zero-order valence-electron chi connectivity index (χ0n) is 12.1. The molecule has 1 aromatic rings. The molecule has 19 heavy (non-hydrogen) atoms. The molecule has 0 aliphatic heterocycles. The number of benzene rings is 1. The van der Waals surface area contributed by atoms with Gasteiger partial charge in [-0.2, -0.15) is 0 Å². The molecule has 4 rings (SSSR count). The lowest BCUT2D eigenvalue weighted by Crippen LogP contribution is -2.52. The van der Waals surface area contributed by atoms with Crippen molar-refractivity contribution in [1.82, 2.24) is 0 Å². The fraction of sp³-hybridized carbons (Fsp3) is 0.529. The standard InChI is InChI=1S/C17H23NS/c1-11-7-5-6-8-15(11)18-19-16-10-13-9-14(12(16)2)17(13,3)4/h5-8,13-14,16,18H,2,9-10H2,1,3-4H3/t13-,14+,16?/m0/s1. The van der Waals surface area contributed by atoms with Gasteiger partial charge in [0.1, 0.15) is 0 Å². The van der Waals surface area contributed by atoms with Crippen LogP contribution >= 0.6 is 11.9 Å². The quantitative estimate of drug-likeness (QED) is 0.611. The normalized spacial score (nSPS) is 31.7. The Bertz CT molecular complexity index is 506. The van der Waals surface area contributed by atoms with Gasteiger partial charge < -0.3 is 4.72 Å². The molecule has 3 fully saturated rings. The van der Waals surface area contributed by atoms with E-state index in [0.717, 1.165) is 11.8 Å². The second-order valence-electron chi connectivity index (χ2n) is 6.64. The van der Waals surface area contributed by atoms with E-state index < -0.39 is 0 Å². The van der Waals surface area contributed by atoms with Gasteiger partial charge in [0, 0.05) is 10.9 Å². The molecule has 2 heteroatoms. The van der Waals surface area contributed by atoms with Crippen molar-refractivity contribution < 1.29 is 0 Å². The first-order valence-electron chi connectivity index (χ1n) is 7.16. The summed E-state index contributed by atoms with van der Waals surface area (Å²) in [7, 11) is 0. The first-order valence-corrected chi connectivity index (χ1v) is 8.04. The summed E-state index contributed by atoms with van der Waals surface area (Å²) in [5, 5.41) is 0.580. The van der Waals surface area contributed by atoms with Crippen molar-refractivity contribution in [3.63, 3.8) is 0 Å². The summed E-state index contributed by atoms with van der Waals surface area (Å²) in [6, 6.07) is 8.48. The molecule has 3 saturated carbocycles. The van der Waals surface area contributed by atoms with Crippen LogP contribution in [0.15, 0.2) is 36.4 Å². The lowest BCUT2D eigenvalue weighted by atomic mass is 9.47. The summed E-state index contributed by atoms with van der Waals surface area (Å²) in [5.74, 6) is 1.63. The van der Waals surface area contributed by atoms with Crippen LogP contribution in [0.3, 0.4) is 0 Å². The SMILES string of the molecule is C=C1C(SNc2ccccc2C)C[C@@H]2C[C@H]1C2(C)C. The second kappa shape index (κ2) is 4.59. The molecule has 1 unspecified atom stereocenters. The van der Waals surface area contributed by atoms with Crippen molar-refractivity contribution in [2.75, 3.05) is 4.72 Å². The summed E-state index contributed by atoms with van der Waals surface area (Å²) in [4.78, 5) is 0. The van der Waals surface area contributed by atoms with Gasteiger partial charge in [-0.1, -0.05) is 44.2 Å². The molecule has 1 nitrogen and oxygen atoms in total. The largest absolute Gasteiger partial charge is 0.329 e. The van der Waals surface area contributed by atoms with E-state index in [1.807, 2.05) is 11.9 Å². The van der Waals surface area contributed by atoms with E-state index in [1.54, 1.807) is 0 Å². The summed E-state index contributed by atoms with van der Waals surface area (Å²) >= 11 is 1.86. The average Bonchev–Trinajstić information content (AvgIpc) is 2.38. The zero-order chi connectivity index (χ0) is 13.6. The van der Waals surface area contributed by atoms with Gasteiger partial charge in [0.15, 0.2) is 0 Å². The average molecular weight is 273 g/mol. The molecule has 1 N–H and O–H groups in total. The van der Waals surface area contributed by atoms with Gasteiger partial charge in [-0.15, -0.1) is 0 Å². The Balaban J connectivity index is 1.64. The van der Waals surface area contributed by atoms with Crippen molar-refractivity contribution in [3.05, 3.63) is 42.0 Å². The van der Waals surface area contributed by atoms with E-state index in [0.29, 0.717) is 10.7 Å². The van der Waals surface area contributed by atoms with Crippen LogP contribution in [0.5, 0.6) is 0 Å². The van der Waals surface area contributed by atoms with Gasteiger partial charge in [-0.25, -0.2) is 0 Å². The van der Waals surface area contributed by atoms with Crippen LogP contribution in [0.25, 0.3) is 0 Å². The maximum Gasteiger partial charge on any atom is 0.0469 e. The predicted molar refractivity (Wildman–Crippen MR) is 85.3 cm³/mol. The molecule has 3 aliphatic carbocycles. The molecule has 102 valence electrons. The Labute approximate surface area is 121 Å². The number of para-hydroxylation sites is 1. The number of hydrogen-bond acceptors (Lipinski definition) is 2. The third-order valence-electron chi connectivity index (χ3n) is 5.29. The van der Waals surface area contributed by atoms with E-state index in [9.17, 15) is 0 Å². The Morgan fingerprint density at radius 1 is 1.26 bits per heavy atom. The Kier molecular flexibility index (Phi) is 3.17. The minimum Gasteiger partial charge on any atom is -0.329 e. The van der Waals surface area contributed by atoms with Crippen molar-refractivity contribution in [2.45, 2.75) is 38.9 Å². The van der Waals surface area contributed by atoms with Crippen LogP contribution < -0.4 is 4.72 Å². The van der Waals surface area contributed by atoms with E-state index in [2.05, 4.69) is 56.3 Å². The van der Waals surface area contributed by atoms with Gasteiger partial charge in [0.25, 0.3) is 0 Å². The van der Waals surface area contributed by atoms with Crippen molar-refractivity contribution in [3.8, 4) is 0 Å². The highest BCUT2D eigenvalue weighted by Crippen LogP contribution is 2.62. The first kappa shape index (κ1) is 13.1. The fourth-order valence-electron chi connectivity index (χ4n) is 3.63. The number of fused-ring (bicyclic) bond motifs is 2. The summed E-state index contributed by atoms with van der Waals surface area (Å²) in [6.45, 7) is 11.4. The maximum absolute atomic E-state index is 4.38. The van der Waals surface area contributed by atoms with E-state index >= 15 is 0 Å². The van der Waals surface area contributed by atoms with E-state index in [4.69, 9.17) is 0 Å². The van der Waals surface area contributed by atoms with Crippen LogP contribution in [-0.2, 0) is 0 Å². The molecule has 3 atom stereocenters. The third kappa shape index (κ3) is 2.10. The van der Waals surface area contributed by atoms with Gasteiger partial charge in [-0.3, -0.25) is 0 Å². The van der Waals surface area contributed by atoms with Crippen molar-refractivity contribution in [2.24, 2.45) is 17.3 Å². The molecule has 3 aliphatic rings. The topological polar surface area (TPSA) is 12.0 Å². The molecule has 2 bridgehead atoms. The molecule has 0 heterocycles. The highest BCUT2D eigenvalue weighted by Gasteiger charge is 2.54. The molecule has 0 radical (unpaired) electrons. The molecular formula is C17H23NS. The van der Waals surface area contributed by atoms with Crippen LogP contribution in [0.1, 0.15) is 32.3 Å². The number of nitrogens with one attached hydrogen (secondary N) is 1. The van der Waals surface area contributed by atoms with Gasteiger partial charge in [0.05, 0.1) is 0 Å².